The Kier molecular flexibility index (Phi) is 4.88. The van der Waals surface area contributed by atoms with E-state index in [1.165, 1.54) is 30.8 Å². The van der Waals surface area contributed by atoms with E-state index in [9.17, 15) is 5.11 Å². The van der Waals surface area contributed by atoms with Crippen LogP contribution in [0.2, 0.25) is 0 Å². The lowest BCUT2D eigenvalue weighted by atomic mass is 9.85. The van der Waals surface area contributed by atoms with Gasteiger partial charge in [-0.1, -0.05) is 49.6 Å². The van der Waals surface area contributed by atoms with Crippen LogP contribution in [-0.4, -0.2) is 9.48 Å². The number of aliphatic hydroxyl groups is 1. The van der Waals surface area contributed by atoms with Crippen LogP contribution in [0.1, 0.15) is 48.6 Å². The van der Waals surface area contributed by atoms with Gasteiger partial charge < -0.3 is 9.84 Å². The minimum absolute atomic E-state index is 0.378. The fourth-order valence-corrected chi connectivity index (χ4v) is 3.65. The largest absolute Gasteiger partial charge is 0.472 e. The summed E-state index contributed by atoms with van der Waals surface area (Å²) in [5, 5.41) is 10.5. The highest BCUT2D eigenvalue weighted by molar-refractivity contribution is 7.06. The van der Waals surface area contributed by atoms with E-state index in [1.807, 2.05) is 36.4 Å². The molecule has 0 unspecified atom stereocenters. The Bertz CT molecular complexity index is 549. The number of nitrogens with zero attached hydrogens (tertiary/aromatic N) is 1. The lowest BCUT2D eigenvalue weighted by molar-refractivity contribution is 0.0877. The van der Waals surface area contributed by atoms with E-state index in [-0.39, 0.29) is 6.10 Å². The zero-order valence-electron chi connectivity index (χ0n) is 12.1. The van der Waals surface area contributed by atoms with Crippen LogP contribution in [0.15, 0.2) is 36.4 Å². The molecule has 112 valence electrons. The molecule has 3 rings (SSSR count). The molecule has 1 heterocycles. The lowest BCUT2D eigenvalue weighted by Gasteiger charge is -2.25. The topological polar surface area (TPSA) is 42.4 Å². The Morgan fingerprint density at radius 3 is 2.71 bits per heavy atom. The van der Waals surface area contributed by atoms with Crippen molar-refractivity contribution < 1.29 is 9.84 Å². The molecular formula is C17H21NO2S. The molecule has 3 nitrogen and oxygen atoms in total. The van der Waals surface area contributed by atoms with Gasteiger partial charge in [-0.05, 0) is 35.9 Å². The Labute approximate surface area is 129 Å². The third-order valence-corrected chi connectivity index (χ3v) is 4.97. The molecule has 0 amide bonds. The first kappa shape index (κ1) is 14.5. The van der Waals surface area contributed by atoms with Gasteiger partial charge >= 0.3 is 0 Å². The van der Waals surface area contributed by atoms with E-state index in [0.29, 0.717) is 18.4 Å². The summed E-state index contributed by atoms with van der Waals surface area (Å²) in [4.78, 5) is 0.935. The predicted molar refractivity (Wildman–Crippen MR) is 84.4 cm³/mol. The van der Waals surface area contributed by atoms with Gasteiger partial charge in [0.25, 0.3) is 0 Å². The van der Waals surface area contributed by atoms with Crippen LogP contribution in [0, 0.1) is 5.92 Å². The highest BCUT2D eigenvalue weighted by Crippen LogP contribution is 2.36. The number of ether oxygens (including phenoxy) is 1. The smallest absolute Gasteiger partial charge is 0.225 e. The molecule has 1 atom stereocenters. The molecular weight excluding hydrogens is 282 g/mol. The van der Waals surface area contributed by atoms with Crippen LogP contribution >= 0.6 is 11.5 Å². The Morgan fingerprint density at radius 1 is 1.19 bits per heavy atom. The van der Waals surface area contributed by atoms with Crippen molar-refractivity contribution in [2.45, 2.75) is 44.8 Å². The Morgan fingerprint density at radius 2 is 1.95 bits per heavy atom. The summed E-state index contributed by atoms with van der Waals surface area (Å²) in [7, 11) is 0. The SMILES string of the molecule is O[C@H](c1cc(OCc2ccccc2)ns1)C1CCCCC1. The van der Waals surface area contributed by atoms with Gasteiger partial charge in [0, 0.05) is 6.07 Å². The van der Waals surface area contributed by atoms with Gasteiger partial charge in [0.15, 0.2) is 0 Å². The Balaban J connectivity index is 1.58. The van der Waals surface area contributed by atoms with Crippen molar-refractivity contribution >= 4 is 11.5 Å². The molecule has 0 saturated heterocycles. The minimum Gasteiger partial charge on any atom is -0.472 e. The molecule has 0 aliphatic heterocycles. The average molecular weight is 303 g/mol. The van der Waals surface area contributed by atoms with Crippen molar-refractivity contribution in [2.24, 2.45) is 5.92 Å². The summed E-state index contributed by atoms with van der Waals surface area (Å²) in [6.45, 7) is 0.517. The number of hydrogen-bond acceptors (Lipinski definition) is 4. The first-order valence-corrected chi connectivity index (χ1v) is 8.41. The third-order valence-electron chi connectivity index (χ3n) is 4.12. The summed E-state index contributed by atoms with van der Waals surface area (Å²) in [5.74, 6) is 1.01. The molecule has 1 aromatic heterocycles. The summed E-state index contributed by atoms with van der Waals surface area (Å²) in [5.41, 5.74) is 1.12. The van der Waals surface area contributed by atoms with Crippen molar-refractivity contribution in [3.63, 3.8) is 0 Å². The molecule has 1 aliphatic carbocycles. The quantitative estimate of drug-likeness (QED) is 0.893. The molecule has 1 fully saturated rings. The first-order chi connectivity index (χ1) is 10.3. The van der Waals surface area contributed by atoms with Crippen molar-refractivity contribution in [1.29, 1.82) is 0 Å². The number of benzene rings is 1. The van der Waals surface area contributed by atoms with Crippen molar-refractivity contribution in [3.05, 3.63) is 46.8 Å². The summed E-state index contributed by atoms with van der Waals surface area (Å²) < 4.78 is 10.0. The average Bonchev–Trinajstić information content (AvgIpc) is 3.03. The first-order valence-electron chi connectivity index (χ1n) is 7.64. The van der Waals surface area contributed by atoms with E-state index < -0.39 is 0 Å². The van der Waals surface area contributed by atoms with E-state index in [2.05, 4.69) is 4.37 Å². The molecule has 1 aromatic carbocycles. The molecule has 1 aliphatic rings. The number of aliphatic hydroxyl groups excluding tert-OH is 1. The van der Waals surface area contributed by atoms with Crippen LogP contribution < -0.4 is 4.74 Å². The molecule has 0 spiro atoms. The normalized spacial score (nSPS) is 17.6. The van der Waals surface area contributed by atoms with Gasteiger partial charge in [-0.2, -0.15) is 4.37 Å². The molecule has 21 heavy (non-hydrogen) atoms. The van der Waals surface area contributed by atoms with Gasteiger partial charge in [0.1, 0.15) is 6.61 Å². The van der Waals surface area contributed by atoms with Crippen LogP contribution in [-0.2, 0) is 6.61 Å². The summed E-state index contributed by atoms with van der Waals surface area (Å²) >= 11 is 1.36. The summed E-state index contributed by atoms with van der Waals surface area (Å²) in [6.07, 6.45) is 5.64. The Hall–Kier alpha value is -1.39. The molecule has 0 bridgehead atoms. The van der Waals surface area contributed by atoms with Crippen LogP contribution in [0.4, 0.5) is 0 Å². The second-order valence-corrected chi connectivity index (χ2v) is 6.52. The van der Waals surface area contributed by atoms with Crippen molar-refractivity contribution in [2.75, 3.05) is 0 Å². The number of aromatic nitrogens is 1. The van der Waals surface area contributed by atoms with E-state index in [1.54, 1.807) is 0 Å². The second-order valence-electron chi connectivity index (χ2n) is 5.68. The fraction of sp³-hybridized carbons (Fsp3) is 0.471. The molecule has 4 heteroatoms. The van der Waals surface area contributed by atoms with Crippen LogP contribution in [0.3, 0.4) is 0 Å². The zero-order valence-corrected chi connectivity index (χ0v) is 12.9. The minimum atomic E-state index is -0.378. The lowest BCUT2D eigenvalue weighted by Crippen LogP contribution is -2.14. The van der Waals surface area contributed by atoms with Gasteiger partial charge in [-0.15, -0.1) is 0 Å². The molecule has 1 saturated carbocycles. The van der Waals surface area contributed by atoms with E-state index >= 15 is 0 Å². The van der Waals surface area contributed by atoms with Crippen LogP contribution in [0.25, 0.3) is 0 Å². The fourth-order valence-electron chi connectivity index (χ4n) is 2.89. The zero-order chi connectivity index (χ0) is 14.5. The van der Waals surface area contributed by atoms with E-state index in [0.717, 1.165) is 23.3 Å². The highest BCUT2D eigenvalue weighted by atomic mass is 32.1. The monoisotopic (exact) mass is 303 g/mol. The molecule has 2 aromatic rings. The maximum Gasteiger partial charge on any atom is 0.225 e. The molecule has 0 radical (unpaired) electrons. The summed E-state index contributed by atoms with van der Waals surface area (Å²) in [6, 6.07) is 11.9. The maximum atomic E-state index is 10.5. The third kappa shape index (κ3) is 3.83. The highest BCUT2D eigenvalue weighted by Gasteiger charge is 2.25. The number of hydrogen-bond donors (Lipinski definition) is 1. The van der Waals surface area contributed by atoms with Crippen molar-refractivity contribution in [1.82, 2.24) is 4.37 Å². The second kappa shape index (κ2) is 7.05. The predicted octanol–water partition coefficient (Wildman–Crippen LogP) is 4.34. The van der Waals surface area contributed by atoms with Gasteiger partial charge in [-0.25, -0.2) is 0 Å². The number of rotatable bonds is 5. The standard InChI is InChI=1S/C17H21NO2S/c19-17(14-9-5-2-6-10-14)15-11-16(18-21-15)20-12-13-7-3-1-4-8-13/h1,3-4,7-8,11,14,17,19H,2,5-6,9-10,12H2/t17-/m0/s1. The van der Waals surface area contributed by atoms with Gasteiger partial charge in [0.2, 0.25) is 5.88 Å². The van der Waals surface area contributed by atoms with E-state index in [4.69, 9.17) is 4.74 Å². The maximum absolute atomic E-state index is 10.5. The van der Waals surface area contributed by atoms with Crippen LogP contribution in [0.5, 0.6) is 5.88 Å². The van der Waals surface area contributed by atoms with Crippen molar-refractivity contribution in [3.8, 4) is 5.88 Å². The van der Waals surface area contributed by atoms with Gasteiger partial charge in [-0.3, -0.25) is 0 Å². The molecule has 1 N–H and O–H groups in total. The van der Waals surface area contributed by atoms with Gasteiger partial charge in [0.05, 0.1) is 11.0 Å².